The predicted octanol–water partition coefficient (Wildman–Crippen LogP) is 5.07. The fourth-order valence-corrected chi connectivity index (χ4v) is 3.25. The van der Waals surface area contributed by atoms with Crippen LogP contribution in [0.2, 0.25) is 0 Å². The molecule has 0 fully saturated rings. The molecule has 0 saturated carbocycles. The molecule has 0 amide bonds. The third-order valence-corrected chi connectivity index (χ3v) is 4.47. The lowest BCUT2D eigenvalue weighted by atomic mass is 9.81. The van der Waals surface area contributed by atoms with E-state index in [-0.39, 0.29) is 5.41 Å². The van der Waals surface area contributed by atoms with Crippen LogP contribution in [0.5, 0.6) is 5.75 Å². The first-order valence-corrected chi connectivity index (χ1v) is 8.44. The minimum absolute atomic E-state index is 0.0120. The summed E-state index contributed by atoms with van der Waals surface area (Å²) in [4.78, 5) is 1.69. The highest BCUT2D eigenvalue weighted by atomic mass is 16.5. The summed E-state index contributed by atoms with van der Waals surface area (Å²) < 4.78 is 5.78. The van der Waals surface area contributed by atoms with Crippen LogP contribution in [0, 0.1) is 6.92 Å². The van der Waals surface area contributed by atoms with Gasteiger partial charge in [-0.05, 0) is 54.2 Å². The van der Waals surface area contributed by atoms with Crippen molar-refractivity contribution in [3.63, 3.8) is 0 Å². The van der Waals surface area contributed by atoms with Crippen molar-refractivity contribution in [1.29, 1.82) is 0 Å². The summed E-state index contributed by atoms with van der Waals surface area (Å²) >= 11 is 0. The minimum atomic E-state index is -0.0120. The Kier molecular flexibility index (Phi) is 4.15. The van der Waals surface area contributed by atoms with Gasteiger partial charge in [0, 0.05) is 5.56 Å². The Hall–Kier alpha value is -2.62. The highest BCUT2D eigenvalue weighted by Gasteiger charge is 2.25. The second-order valence-corrected chi connectivity index (χ2v) is 7.49. The van der Waals surface area contributed by atoms with Gasteiger partial charge in [0.05, 0.1) is 7.11 Å². The van der Waals surface area contributed by atoms with E-state index in [0.29, 0.717) is 0 Å². The van der Waals surface area contributed by atoms with Crippen LogP contribution in [-0.2, 0) is 5.41 Å². The van der Waals surface area contributed by atoms with Crippen LogP contribution in [0.25, 0.3) is 22.3 Å². The van der Waals surface area contributed by atoms with Crippen LogP contribution >= 0.6 is 0 Å². The summed E-state index contributed by atoms with van der Waals surface area (Å²) in [7, 11) is 1.69. The Bertz CT molecular complexity index is 928. The molecule has 1 aromatic heterocycles. The first-order valence-electron chi connectivity index (χ1n) is 8.44. The topological polar surface area (TPSA) is 39.9 Å². The highest BCUT2D eigenvalue weighted by molar-refractivity contribution is 5.77. The van der Waals surface area contributed by atoms with Gasteiger partial charge < -0.3 is 4.74 Å². The smallest absolute Gasteiger partial charge is 0.154 e. The van der Waals surface area contributed by atoms with Crippen molar-refractivity contribution < 1.29 is 4.74 Å². The number of aromatic nitrogens is 3. The molecule has 0 saturated heterocycles. The Morgan fingerprint density at radius 1 is 1.12 bits per heavy atom. The molecule has 0 aliphatic rings. The zero-order valence-electron chi connectivity index (χ0n) is 15.8. The van der Waals surface area contributed by atoms with Gasteiger partial charge in [0.25, 0.3) is 0 Å². The van der Waals surface area contributed by atoms with Gasteiger partial charge in [0.1, 0.15) is 16.7 Å². The fourth-order valence-electron chi connectivity index (χ4n) is 3.25. The first-order chi connectivity index (χ1) is 11.7. The summed E-state index contributed by atoms with van der Waals surface area (Å²) in [5.74, 6) is 0.762. The Balaban J connectivity index is 2.40. The van der Waals surface area contributed by atoms with Crippen LogP contribution in [0.15, 0.2) is 36.9 Å². The molecular formula is C21H25N3O. The molecule has 0 unspecified atom stereocenters. The summed E-state index contributed by atoms with van der Waals surface area (Å²) in [5, 5.41) is 9.34. The van der Waals surface area contributed by atoms with E-state index in [1.54, 1.807) is 11.9 Å². The molecule has 3 rings (SSSR count). The summed E-state index contributed by atoms with van der Waals surface area (Å²) in [6, 6.07) is 10.1. The van der Waals surface area contributed by atoms with E-state index < -0.39 is 0 Å². The third-order valence-electron chi connectivity index (χ3n) is 4.47. The number of nitrogens with zero attached hydrogens (tertiary/aromatic N) is 3. The van der Waals surface area contributed by atoms with Crippen LogP contribution in [0.4, 0.5) is 0 Å². The van der Waals surface area contributed by atoms with Crippen molar-refractivity contribution in [3.8, 4) is 11.4 Å². The van der Waals surface area contributed by atoms with Gasteiger partial charge in [0.15, 0.2) is 5.75 Å². The van der Waals surface area contributed by atoms with Gasteiger partial charge >= 0.3 is 0 Å². The van der Waals surface area contributed by atoms with E-state index in [1.807, 2.05) is 31.2 Å². The van der Waals surface area contributed by atoms with E-state index >= 15 is 0 Å². The maximum Gasteiger partial charge on any atom is 0.154 e. The molecule has 0 spiro atoms. The summed E-state index contributed by atoms with van der Waals surface area (Å²) in [6.07, 6.45) is 0. The van der Waals surface area contributed by atoms with E-state index in [9.17, 15) is 0 Å². The molecule has 3 aromatic rings. The zero-order valence-corrected chi connectivity index (χ0v) is 15.8. The standard InChI is InChI=1S/C21H25N3O/c1-13(2)15-12-16(21(4,5)6)14(3)19(20(15)25-7)24-22-17-10-8-9-11-18(17)23-24/h8-12H,1H2,2-7H3. The molecule has 0 N–H and O–H groups in total. The van der Waals surface area contributed by atoms with E-state index in [2.05, 4.69) is 50.5 Å². The number of hydrogen-bond donors (Lipinski definition) is 0. The van der Waals surface area contributed by atoms with Crippen molar-refractivity contribution in [2.24, 2.45) is 0 Å². The molecule has 0 bridgehead atoms. The molecule has 0 atom stereocenters. The van der Waals surface area contributed by atoms with E-state index in [4.69, 9.17) is 4.74 Å². The lowest BCUT2D eigenvalue weighted by Crippen LogP contribution is -2.17. The van der Waals surface area contributed by atoms with E-state index in [1.165, 1.54) is 5.56 Å². The molecule has 25 heavy (non-hydrogen) atoms. The van der Waals surface area contributed by atoms with Gasteiger partial charge in [-0.2, -0.15) is 0 Å². The minimum Gasteiger partial charge on any atom is -0.494 e. The normalized spacial score (nSPS) is 11.8. The van der Waals surface area contributed by atoms with Crippen LogP contribution in [-0.4, -0.2) is 22.1 Å². The van der Waals surface area contributed by atoms with Gasteiger partial charge in [-0.1, -0.05) is 39.5 Å². The number of fused-ring (bicyclic) bond motifs is 1. The Morgan fingerprint density at radius 2 is 1.68 bits per heavy atom. The zero-order chi connectivity index (χ0) is 18.4. The SMILES string of the molecule is C=C(C)c1cc(C(C)(C)C)c(C)c(-n2nc3ccccc3n2)c1OC. The van der Waals surface area contributed by atoms with Crippen LogP contribution < -0.4 is 4.74 Å². The highest BCUT2D eigenvalue weighted by Crippen LogP contribution is 2.40. The third kappa shape index (κ3) is 2.93. The summed E-state index contributed by atoms with van der Waals surface area (Å²) in [6.45, 7) is 14.9. The van der Waals surface area contributed by atoms with Crippen molar-refractivity contribution in [3.05, 3.63) is 53.6 Å². The number of methoxy groups -OCH3 is 1. The molecule has 0 aliphatic heterocycles. The van der Waals surface area contributed by atoms with Crippen LogP contribution in [0.3, 0.4) is 0 Å². The lowest BCUT2D eigenvalue weighted by Gasteiger charge is -2.26. The Morgan fingerprint density at radius 3 is 2.12 bits per heavy atom. The fraction of sp³-hybridized carbons (Fsp3) is 0.333. The molecular weight excluding hydrogens is 310 g/mol. The molecule has 1 heterocycles. The number of ether oxygens (including phenoxy) is 1. The molecule has 0 radical (unpaired) electrons. The molecule has 2 aromatic carbocycles. The number of hydrogen-bond acceptors (Lipinski definition) is 3. The largest absolute Gasteiger partial charge is 0.494 e. The maximum absolute atomic E-state index is 5.78. The van der Waals surface area contributed by atoms with Gasteiger partial charge in [0.2, 0.25) is 0 Å². The average molecular weight is 335 g/mol. The van der Waals surface area contributed by atoms with Crippen molar-refractivity contribution in [2.45, 2.75) is 40.0 Å². The second-order valence-electron chi connectivity index (χ2n) is 7.49. The second kappa shape index (κ2) is 6.03. The number of benzene rings is 2. The van der Waals surface area contributed by atoms with Crippen LogP contribution in [0.1, 0.15) is 44.4 Å². The molecule has 4 nitrogen and oxygen atoms in total. The van der Waals surface area contributed by atoms with Crippen molar-refractivity contribution >= 4 is 16.6 Å². The average Bonchev–Trinajstić information content (AvgIpc) is 2.96. The van der Waals surface area contributed by atoms with Gasteiger partial charge in [-0.15, -0.1) is 15.0 Å². The van der Waals surface area contributed by atoms with Gasteiger partial charge in [-0.25, -0.2) is 0 Å². The number of rotatable bonds is 3. The Labute approximate surface area is 149 Å². The first kappa shape index (κ1) is 17.2. The number of allylic oxidation sites excluding steroid dienone is 1. The van der Waals surface area contributed by atoms with E-state index in [0.717, 1.165) is 39.2 Å². The summed E-state index contributed by atoms with van der Waals surface area (Å²) in [5.41, 5.74) is 6.90. The lowest BCUT2D eigenvalue weighted by molar-refractivity contribution is 0.407. The molecule has 4 heteroatoms. The monoisotopic (exact) mass is 335 g/mol. The van der Waals surface area contributed by atoms with Gasteiger partial charge in [-0.3, -0.25) is 0 Å². The van der Waals surface area contributed by atoms with Crippen molar-refractivity contribution in [1.82, 2.24) is 15.0 Å². The quantitative estimate of drug-likeness (QED) is 0.671. The predicted molar refractivity (Wildman–Crippen MR) is 104 cm³/mol. The molecule has 130 valence electrons. The van der Waals surface area contributed by atoms with Crippen molar-refractivity contribution in [2.75, 3.05) is 7.11 Å². The maximum atomic E-state index is 5.78. The molecule has 0 aliphatic carbocycles.